The molecular formula is C32H32F2N6O. The van der Waals surface area contributed by atoms with Gasteiger partial charge in [-0.15, -0.1) is 6.42 Å². The van der Waals surface area contributed by atoms with Crippen LogP contribution in [0.5, 0.6) is 5.75 Å². The first-order valence-electron chi connectivity index (χ1n) is 14.4. The molecule has 4 aromatic rings. The fourth-order valence-corrected chi connectivity index (χ4v) is 7.07. The van der Waals surface area contributed by atoms with Crippen LogP contribution in [-0.2, 0) is 0 Å². The van der Waals surface area contributed by atoms with Gasteiger partial charge < -0.3 is 14.9 Å². The van der Waals surface area contributed by atoms with E-state index < -0.39 is 11.6 Å². The zero-order valence-electron chi connectivity index (χ0n) is 23.1. The molecule has 0 saturated carbocycles. The summed E-state index contributed by atoms with van der Waals surface area (Å²) < 4.78 is 31.4. The molecule has 2 aromatic carbocycles. The van der Waals surface area contributed by atoms with Crippen LogP contribution in [0.3, 0.4) is 0 Å². The monoisotopic (exact) mass is 554 g/mol. The van der Waals surface area contributed by atoms with Crippen LogP contribution >= 0.6 is 0 Å². The van der Waals surface area contributed by atoms with Crippen molar-refractivity contribution in [1.29, 1.82) is 0 Å². The van der Waals surface area contributed by atoms with E-state index in [1.165, 1.54) is 30.7 Å². The fourth-order valence-electron chi connectivity index (χ4n) is 7.07. The zero-order chi connectivity index (χ0) is 28.3. The van der Waals surface area contributed by atoms with Crippen LogP contribution in [0.1, 0.15) is 44.1 Å². The molecule has 41 heavy (non-hydrogen) atoms. The number of terminal acetylenes is 1. The van der Waals surface area contributed by atoms with E-state index in [9.17, 15) is 9.50 Å². The van der Waals surface area contributed by atoms with Crippen molar-refractivity contribution in [3.63, 3.8) is 0 Å². The number of likely N-dealkylation sites (tertiary alicyclic amines) is 1. The molecule has 210 valence electrons. The third kappa shape index (κ3) is 4.15. The van der Waals surface area contributed by atoms with Crippen LogP contribution in [0, 0.1) is 24.0 Å². The molecule has 3 fully saturated rings. The lowest BCUT2D eigenvalue weighted by molar-refractivity contribution is 0.198. The number of likely N-dealkylation sites (N-methyl/N-ethyl adjacent to an activating group) is 1. The molecule has 0 bridgehead atoms. The van der Waals surface area contributed by atoms with Gasteiger partial charge >= 0.3 is 0 Å². The summed E-state index contributed by atoms with van der Waals surface area (Å²) in [6.07, 6.45) is 13.8. The molecule has 5 heterocycles. The number of phenols is 1. The minimum absolute atomic E-state index is 0.000715. The standard InChI is InChI=1S/C32H32F2N6O/c1-3-22-25(33)9-8-20-16-21(41)17-23(26(20)22)28-27(34)29-24(18-35-28)30(39-13-5-4-6-14-39)37-31(36-29)40-15-11-32(19-40)10-7-12-38(32)2/h1,8-9,16-18,41H,4-7,10-15,19H2,2H3. The Hall–Kier alpha value is -4.03. The highest BCUT2D eigenvalue weighted by atomic mass is 19.1. The number of benzene rings is 2. The highest BCUT2D eigenvalue weighted by Gasteiger charge is 2.45. The number of rotatable bonds is 3. The molecule has 0 amide bonds. The number of pyridine rings is 1. The van der Waals surface area contributed by atoms with Gasteiger partial charge in [0.15, 0.2) is 5.82 Å². The lowest BCUT2D eigenvalue weighted by Gasteiger charge is -2.32. The molecule has 1 N–H and O–H groups in total. The van der Waals surface area contributed by atoms with Crippen LogP contribution in [0.2, 0.25) is 0 Å². The Kier molecular flexibility index (Phi) is 6.20. The maximum atomic E-state index is 16.7. The van der Waals surface area contributed by atoms with E-state index in [1.807, 2.05) is 0 Å². The van der Waals surface area contributed by atoms with E-state index in [0.29, 0.717) is 27.9 Å². The summed E-state index contributed by atoms with van der Waals surface area (Å²) in [6.45, 7) is 4.35. The summed E-state index contributed by atoms with van der Waals surface area (Å²) in [6, 6.07) is 5.63. The Morgan fingerprint density at radius 1 is 0.976 bits per heavy atom. The van der Waals surface area contributed by atoms with Crippen molar-refractivity contribution in [2.45, 2.75) is 44.1 Å². The van der Waals surface area contributed by atoms with Crippen LogP contribution in [0.25, 0.3) is 32.9 Å². The van der Waals surface area contributed by atoms with E-state index in [1.54, 1.807) is 6.20 Å². The van der Waals surface area contributed by atoms with Gasteiger partial charge in [-0.25, -0.2) is 13.8 Å². The zero-order valence-corrected chi connectivity index (χ0v) is 23.1. The smallest absolute Gasteiger partial charge is 0.228 e. The van der Waals surface area contributed by atoms with Crippen molar-refractivity contribution in [1.82, 2.24) is 19.9 Å². The summed E-state index contributed by atoms with van der Waals surface area (Å²) in [4.78, 5) is 21.2. The molecule has 7 rings (SSSR count). The van der Waals surface area contributed by atoms with Crippen LogP contribution in [0.15, 0.2) is 30.5 Å². The molecule has 9 heteroatoms. The minimum atomic E-state index is -0.643. The topological polar surface area (TPSA) is 68.6 Å². The molecule has 1 unspecified atom stereocenters. The second-order valence-electron chi connectivity index (χ2n) is 11.7. The first kappa shape index (κ1) is 25.9. The number of aromatic hydroxyl groups is 1. The number of anilines is 2. The third-order valence-corrected chi connectivity index (χ3v) is 9.32. The number of phenolic OH excluding ortho intramolecular Hbond substituents is 1. The van der Waals surface area contributed by atoms with Crippen LogP contribution < -0.4 is 9.80 Å². The van der Waals surface area contributed by atoms with Crippen LogP contribution in [-0.4, -0.2) is 70.3 Å². The van der Waals surface area contributed by atoms with Crippen molar-refractivity contribution in [2.75, 3.05) is 49.6 Å². The largest absolute Gasteiger partial charge is 0.508 e. The molecule has 3 saturated heterocycles. The van der Waals surface area contributed by atoms with E-state index in [2.05, 4.69) is 32.7 Å². The maximum absolute atomic E-state index is 16.7. The van der Waals surface area contributed by atoms with E-state index >= 15 is 4.39 Å². The Morgan fingerprint density at radius 2 is 1.80 bits per heavy atom. The van der Waals surface area contributed by atoms with Gasteiger partial charge in [0.2, 0.25) is 5.95 Å². The van der Waals surface area contributed by atoms with Crippen molar-refractivity contribution in [2.24, 2.45) is 0 Å². The van der Waals surface area contributed by atoms with Gasteiger partial charge in [-0.1, -0.05) is 12.0 Å². The molecule has 1 spiro atoms. The van der Waals surface area contributed by atoms with Gasteiger partial charge in [0, 0.05) is 48.9 Å². The van der Waals surface area contributed by atoms with Crippen molar-refractivity contribution in [3.8, 4) is 29.4 Å². The second-order valence-corrected chi connectivity index (χ2v) is 11.7. The summed E-state index contributed by atoms with van der Waals surface area (Å²) >= 11 is 0. The first-order chi connectivity index (χ1) is 19.9. The highest BCUT2D eigenvalue weighted by Crippen LogP contribution is 2.41. The molecule has 0 radical (unpaired) electrons. The maximum Gasteiger partial charge on any atom is 0.228 e. The minimum Gasteiger partial charge on any atom is -0.508 e. The number of hydrogen-bond donors (Lipinski definition) is 1. The van der Waals surface area contributed by atoms with Gasteiger partial charge in [-0.3, -0.25) is 9.88 Å². The summed E-state index contributed by atoms with van der Waals surface area (Å²) in [7, 11) is 2.18. The fraction of sp³-hybridized carbons (Fsp3) is 0.406. The molecular weight excluding hydrogens is 522 g/mol. The Bertz CT molecular complexity index is 1730. The van der Waals surface area contributed by atoms with Crippen molar-refractivity contribution < 1.29 is 13.9 Å². The Labute approximate surface area is 237 Å². The number of hydrogen-bond acceptors (Lipinski definition) is 7. The lowest BCUT2D eigenvalue weighted by atomic mass is 9.95. The normalized spacial score (nSPS) is 21.4. The highest BCUT2D eigenvalue weighted by molar-refractivity contribution is 6.03. The van der Waals surface area contributed by atoms with E-state index in [4.69, 9.17) is 16.4 Å². The quantitative estimate of drug-likeness (QED) is 0.337. The van der Waals surface area contributed by atoms with E-state index in [0.717, 1.165) is 64.8 Å². The van der Waals surface area contributed by atoms with Gasteiger partial charge in [0.1, 0.15) is 28.6 Å². The SMILES string of the molecule is C#Cc1c(F)ccc2cc(O)cc(-c3ncc4c(N5CCCCC5)nc(N5CCC6(CCCN6C)C5)nc4c3F)c12. The number of nitrogens with zero attached hydrogens (tertiary/aromatic N) is 6. The van der Waals surface area contributed by atoms with E-state index in [-0.39, 0.29) is 33.6 Å². The molecule has 2 aromatic heterocycles. The van der Waals surface area contributed by atoms with Gasteiger partial charge in [-0.2, -0.15) is 4.98 Å². The number of piperidine rings is 1. The van der Waals surface area contributed by atoms with Gasteiger partial charge in [0.05, 0.1) is 10.9 Å². The number of halogens is 2. The molecule has 7 nitrogen and oxygen atoms in total. The van der Waals surface area contributed by atoms with Gasteiger partial charge in [0.25, 0.3) is 0 Å². The lowest BCUT2D eigenvalue weighted by Crippen LogP contribution is -2.44. The molecule has 3 aliphatic heterocycles. The summed E-state index contributed by atoms with van der Waals surface area (Å²) in [5, 5.41) is 11.9. The van der Waals surface area contributed by atoms with Crippen molar-refractivity contribution in [3.05, 3.63) is 47.7 Å². The average molecular weight is 555 g/mol. The Balaban J connectivity index is 1.43. The predicted molar refractivity (Wildman–Crippen MR) is 157 cm³/mol. The molecule has 0 aliphatic carbocycles. The first-order valence-corrected chi connectivity index (χ1v) is 14.4. The predicted octanol–water partition coefficient (Wildman–Crippen LogP) is 5.47. The summed E-state index contributed by atoms with van der Waals surface area (Å²) in [5.74, 6) is 2.28. The number of aromatic nitrogens is 3. The average Bonchev–Trinajstić information content (AvgIpc) is 3.58. The third-order valence-electron chi connectivity index (χ3n) is 9.32. The number of fused-ring (bicyclic) bond motifs is 2. The molecule has 1 atom stereocenters. The Morgan fingerprint density at radius 3 is 2.56 bits per heavy atom. The van der Waals surface area contributed by atoms with Gasteiger partial charge in [-0.05, 0) is 75.7 Å². The molecule has 3 aliphatic rings. The van der Waals surface area contributed by atoms with Crippen molar-refractivity contribution >= 4 is 33.4 Å². The summed E-state index contributed by atoms with van der Waals surface area (Å²) in [5.41, 5.74) is 0.444. The second kappa shape index (κ2) is 9.81. The van der Waals surface area contributed by atoms with Crippen LogP contribution in [0.4, 0.5) is 20.5 Å².